The quantitative estimate of drug-likeness (QED) is 0.648. The first-order chi connectivity index (χ1) is 9.08. The van der Waals surface area contributed by atoms with E-state index in [1.807, 2.05) is 0 Å². The fourth-order valence-corrected chi connectivity index (χ4v) is 2.02. The van der Waals surface area contributed by atoms with E-state index in [1.54, 1.807) is 30.1 Å². The zero-order valence-electron chi connectivity index (χ0n) is 11.5. The van der Waals surface area contributed by atoms with E-state index in [0.717, 1.165) is 12.5 Å². The van der Waals surface area contributed by atoms with Crippen LogP contribution in [-0.2, 0) is 4.74 Å². The van der Waals surface area contributed by atoms with Gasteiger partial charge in [-0.15, -0.1) is 12.4 Å². The molecule has 1 aliphatic rings. The Kier molecular flexibility index (Phi) is 6.59. The van der Waals surface area contributed by atoms with Crippen LogP contribution in [0.15, 0.2) is 18.2 Å². The second kappa shape index (κ2) is 7.72. The van der Waals surface area contributed by atoms with Crippen molar-refractivity contribution in [3.8, 4) is 0 Å². The lowest BCUT2D eigenvalue weighted by Gasteiger charge is -2.18. The molecule has 0 saturated heterocycles. The lowest BCUT2D eigenvalue weighted by Crippen LogP contribution is -2.30. The summed E-state index contributed by atoms with van der Waals surface area (Å²) in [6.07, 6.45) is 2.55. The van der Waals surface area contributed by atoms with Gasteiger partial charge < -0.3 is 15.4 Å². The van der Waals surface area contributed by atoms with Crippen LogP contribution in [0.5, 0.6) is 0 Å². The molecule has 1 amide bonds. The number of anilines is 1. The van der Waals surface area contributed by atoms with Gasteiger partial charge in [0.2, 0.25) is 0 Å². The van der Waals surface area contributed by atoms with Crippen molar-refractivity contribution in [3.63, 3.8) is 0 Å². The smallest absolute Gasteiger partial charge is 0.255 e. The summed E-state index contributed by atoms with van der Waals surface area (Å²) in [6.45, 7) is 1.93. The molecule has 0 bridgehead atoms. The minimum Gasteiger partial charge on any atom is -0.399 e. The van der Waals surface area contributed by atoms with Gasteiger partial charge in [0.25, 0.3) is 5.91 Å². The molecular weight excluding hydrogens is 299 g/mol. The first-order valence-electron chi connectivity index (χ1n) is 6.46. The molecule has 0 spiro atoms. The Morgan fingerprint density at radius 1 is 1.50 bits per heavy atom. The van der Waals surface area contributed by atoms with E-state index >= 15 is 0 Å². The van der Waals surface area contributed by atoms with Gasteiger partial charge in [0.1, 0.15) is 0 Å². The number of halogens is 2. The van der Waals surface area contributed by atoms with E-state index in [0.29, 0.717) is 29.4 Å². The molecule has 0 atom stereocenters. The summed E-state index contributed by atoms with van der Waals surface area (Å²) >= 11 is 6.02. The molecule has 6 heteroatoms. The molecule has 2 N–H and O–H groups in total. The minimum absolute atomic E-state index is 0. The van der Waals surface area contributed by atoms with Crippen LogP contribution in [0.4, 0.5) is 5.69 Å². The molecule has 1 aromatic rings. The summed E-state index contributed by atoms with van der Waals surface area (Å²) in [5, 5.41) is 0.385. The van der Waals surface area contributed by atoms with E-state index < -0.39 is 0 Å². The third kappa shape index (κ3) is 4.85. The highest BCUT2D eigenvalue weighted by molar-refractivity contribution is 6.34. The standard InChI is InChI=1S/C14H19ClN2O2.ClH/c1-17(6-7-19-9-10-2-3-10)14(18)12-5-4-11(16)8-13(12)15;/h4-5,8,10H,2-3,6-7,9,16H2,1H3;1H. The van der Waals surface area contributed by atoms with Crippen molar-refractivity contribution in [1.29, 1.82) is 0 Å². The number of benzene rings is 1. The van der Waals surface area contributed by atoms with Crippen molar-refractivity contribution in [2.24, 2.45) is 5.92 Å². The average Bonchev–Trinajstić information content (AvgIpc) is 3.17. The number of amides is 1. The number of ether oxygens (including phenoxy) is 1. The molecule has 2 rings (SSSR count). The highest BCUT2D eigenvalue weighted by atomic mass is 35.5. The van der Waals surface area contributed by atoms with Crippen molar-refractivity contribution in [2.45, 2.75) is 12.8 Å². The van der Waals surface area contributed by atoms with Crippen LogP contribution in [0, 0.1) is 5.92 Å². The van der Waals surface area contributed by atoms with Gasteiger partial charge in [-0.25, -0.2) is 0 Å². The molecule has 0 aromatic heterocycles. The van der Waals surface area contributed by atoms with Crippen molar-refractivity contribution >= 4 is 35.6 Å². The highest BCUT2D eigenvalue weighted by Crippen LogP contribution is 2.28. The minimum atomic E-state index is -0.111. The Hall–Kier alpha value is -0.970. The van der Waals surface area contributed by atoms with Gasteiger partial charge in [-0.1, -0.05) is 11.6 Å². The second-order valence-electron chi connectivity index (χ2n) is 4.98. The summed E-state index contributed by atoms with van der Waals surface area (Å²) < 4.78 is 5.52. The fraction of sp³-hybridized carbons (Fsp3) is 0.500. The number of carbonyl (C=O) groups is 1. The van der Waals surface area contributed by atoms with E-state index in [9.17, 15) is 4.79 Å². The van der Waals surface area contributed by atoms with Gasteiger partial charge in [0, 0.05) is 25.9 Å². The van der Waals surface area contributed by atoms with Crippen LogP contribution in [-0.4, -0.2) is 37.6 Å². The lowest BCUT2D eigenvalue weighted by atomic mass is 10.2. The topological polar surface area (TPSA) is 55.6 Å². The summed E-state index contributed by atoms with van der Waals surface area (Å²) in [4.78, 5) is 13.8. The Balaban J connectivity index is 0.00000200. The maximum absolute atomic E-state index is 12.2. The number of nitrogen functional groups attached to an aromatic ring is 1. The predicted octanol–water partition coefficient (Wildman–Crippen LogP) is 2.84. The molecule has 1 aromatic carbocycles. The van der Waals surface area contributed by atoms with Crippen LogP contribution in [0.2, 0.25) is 5.02 Å². The molecule has 4 nitrogen and oxygen atoms in total. The van der Waals surface area contributed by atoms with Gasteiger partial charge in [0.05, 0.1) is 17.2 Å². The van der Waals surface area contributed by atoms with E-state index in [1.165, 1.54) is 12.8 Å². The number of likely N-dealkylation sites (N-methyl/N-ethyl adjacent to an activating group) is 1. The van der Waals surface area contributed by atoms with Gasteiger partial charge in [-0.2, -0.15) is 0 Å². The summed E-state index contributed by atoms with van der Waals surface area (Å²) in [7, 11) is 1.75. The number of hydrogen-bond donors (Lipinski definition) is 1. The number of nitrogens with zero attached hydrogens (tertiary/aromatic N) is 1. The molecule has 112 valence electrons. The summed E-state index contributed by atoms with van der Waals surface area (Å²) in [5.41, 5.74) is 6.63. The van der Waals surface area contributed by atoms with Crippen LogP contribution in [0.3, 0.4) is 0 Å². The van der Waals surface area contributed by atoms with Crippen molar-refractivity contribution in [2.75, 3.05) is 32.5 Å². The normalized spacial score (nSPS) is 13.7. The van der Waals surface area contributed by atoms with Gasteiger partial charge in [-0.3, -0.25) is 4.79 Å². The van der Waals surface area contributed by atoms with Gasteiger partial charge in [0.15, 0.2) is 0 Å². The third-order valence-corrected chi connectivity index (χ3v) is 3.50. The largest absolute Gasteiger partial charge is 0.399 e. The molecule has 0 aliphatic heterocycles. The Bertz CT molecular complexity index is 464. The molecule has 0 radical (unpaired) electrons. The van der Waals surface area contributed by atoms with Crippen molar-refractivity contribution in [1.82, 2.24) is 4.90 Å². The zero-order chi connectivity index (χ0) is 13.8. The summed E-state index contributed by atoms with van der Waals surface area (Å²) in [5.74, 6) is 0.632. The third-order valence-electron chi connectivity index (χ3n) is 3.19. The van der Waals surface area contributed by atoms with Crippen LogP contribution in [0.1, 0.15) is 23.2 Å². The Morgan fingerprint density at radius 2 is 2.20 bits per heavy atom. The fourth-order valence-electron chi connectivity index (χ4n) is 1.75. The molecule has 1 saturated carbocycles. The van der Waals surface area contributed by atoms with Gasteiger partial charge >= 0.3 is 0 Å². The lowest BCUT2D eigenvalue weighted by molar-refractivity contribution is 0.0681. The number of nitrogens with two attached hydrogens (primary N) is 1. The van der Waals surface area contributed by atoms with Crippen molar-refractivity contribution in [3.05, 3.63) is 28.8 Å². The maximum Gasteiger partial charge on any atom is 0.255 e. The number of rotatable bonds is 6. The first kappa shape index (κ1) is 17.1. The Labute approximate surface area is 130 Å². The molecular formula is C14H20Cl2N2O2. The monoisotopic (exact) mass is 318 g/mol. The van der Waals surface area contributed by atoms with Crippen LogP contribution < -0.4 is 5.73 Å². The number of carbonyl (C=O) groups excluding carboxylic acids is 1. The predicted molar refractivity (Wildman–Crippen MR) is 83.6 cm³/mol. The first-order valence-corrected chi connectivity index (χ1v) is 6.84. The number of hydrogen-bond acceptors (Lipinski definition) is 3. The Morgan fingerprint density at radius 3 is 2.80 bits per heavy atom. The molecule has 20 heavy (non-hydrogen) atoms. The van der Waals surface area contributed by atoms with Crippen LogP contribution >= 0.6 is 24.0 Å². The molecule has 1 aliphatic carbocycles. The molecule has 0 unspecified atom stereocenters. The molecule has 0 heterocycles. The highest BCUT2D eigenvalue weighted by Gasteiger charge is 2.21. The summed E-state index contributed by atoms with van der Waals surface area (Å²) in [6, 6.07) is 4.92. The van der Waals surface area contributed by atoms with Gasteiger partial charge in [-0.05, 0) is 37.0 Å². The van der Waals surface area contributed by atoms with Crippen molar-refractivity contribution < 1.29 is 9.53 Å². The van der Waals surface area contributed by atoms with E-state index in [4.69, 9.17) is 22.1 Å². The van der Waals surface area contributed by atoms with E-state index in [-0.39, 0.29) is 18.3 Å². The zero-order valence-corrected chi connectivity index (χ0v) is 13.0. The SMILES string of the molecule is CN(CCOCC1CC1)C(=O)c1ccc(N)cc1Cl.Cl. The van der Waals surface area contributed by atoms with Crippen LogP contribution in [0.25, 0.3) is 0 Å². The van der Waals surface area contributed by atoms with E-state index in [2.05, 4.69) is 0 Å². The average molecular weight is 319 g/mol. The second-order valence-corrected chi connectivity index (χ2v) is 5.39. The molecule has 1 fully saturated rings. The maximum atomic E-state index is 12.2.